The van der Waals surface area contributed by atoms with Gasteiger partial charge in [0.05, 0.1) is 5.75 Å². The van der Waals surface area contributed by atoms with Gasteiger partial charge in [0.25, 0.3) is 0 Å². The molecule has 0 heterocycles. The number of nitrogens with two attached hydrogens (primary N) is 1. The first kappa shape index (κ1) is 30.3. The Bertz CT molecular complexity index is 1150. The lowest BCUT2D eigenvalue weighted by molar-refractivity contribution is -0.130. The van der Waals surface area contributed by atoms with Crippen molar-refractivity contribution >= 4 is 39.4 Å². The van der Waals surface area contributed by atoms with Crippen molar-refractivity contribution in [2.75, 3.05) is 12.0 Å². The number of amides is 2. The summed E-state index contributed by atoms with van der Waals surface area (Å²) in [6, 6.07) is 13.9. The lowest BCUT2D eigenvalue weighted by Gasteiger charge is -2.26. The van der Waals surface area contributed by atoms with E-state index in [2.05, 4.69) is 15.4 Å². The largest absolute Gasteiger partial charge is 0.384 e. The second-order valence-corrected chi connectivity index (χ2v) is 11.6. The fraction of sp³-hybridized carbons (Fsp3) is 0.423. The van der Waals surface area contributed by atoms with Crippen LogP contribution in [0.25, 0.3) is 0 Å². The number of thioether (sulfide) groups is 1. The molecule has 204 valence electrons. The summed E-state index contributed by atoms with van der Waals surface area (Å²) in [5.74, 6) is -0.807. The van der Waals surface area contributed by atoms with Gasteiger partial charge in [0, 0.05) is 13.5 Å². The number of nitrogen functional groups attached to an aromatic ring is 1. The van der Waals surface area contributed by atoms with Crippen molar-refractivity contribution in [2.45, 2.75) is 51.1 Å². The van der Waals surface area contributed by atoms with E-state index >= 15 is 0 Å². The van der Waals surface area contributed by atoms with E-state index in [9.17, 15) is 18.0 Å². The topological polar surface area (TPSA) is 154 Å². The van der Waals surface area contributed by atoms with Crippen LogP contribution in [0.1, 0.15) is 44.8 Å². The third-order valence-corrected chi connectivity index (χ3v) is 7.95. The Kier molecular flexibility index (Phi) is 12.1. The van der Waals surface area contributed by atoms with Crippen molar-refractivity contribution in [1.82, 2.24) is 15.4 Å². The van der Waals surface area contributed by atoms with E-state index in [0.29, 0.717) is 29.7 Å². The molecular formula is C26H39N5O4S2. The predicted molar refractivity (Wildman–Crippen MR) is 152 cm³/mol. The van der Waals surface area contributed by atoms with Gasteiger partial charge in [0.1, 0.15) is 17.9 Å². The molecule has 6 N–H and O–H groups in total. The van der Waals surface area contributed by atoms with Crippen LogP contribution in [-0.2, 0) is 31.9 Å². The summed E-state index contributed by atoms with van der Waals surface area (Å²) in [5, 5.41) is 13.1. The molecule has 2 amide bonds. The first-order valence-electron chi connectivity index (χ1n) is 12.1. The van der Waals surface area contributed by atoms with Gasteiger partial charge in [-0.1, -0.05) is 74.9 Å². The molecule has 0 aliphatic carbocycles. The normalized spacial score (nSPS) is 13.8. The molecule has 0 aliphatic rings. The highest BCUT2D eigenvalue weighted by Gasteiger charge is 2.31. The van der Waals surface area contributed by atoms with Gasteiger partial charge < -0.3 is 16.4 Å². The van der Waals surface area contributed by atoms with Crippen LogP contribution in [0.4, 0.5) is 0 Å². The Labute approximate surface area is 225 Å². The SMILES string of the molecule is CCC(C)[C@@H](NS(=O)(=O)Cc1ccccc1)C(=O)N[C@@H](CCSC)C(=O)NCc1ccc(C(=N)N)cc1.[HH]. The van der Waals surface area contributed by atoms with Gasteiger partial charge in [-0.15, -0.1) is 0 Å². The Balaban J connectivity index is 0.00000722. The highest BCUT2D eigenvalue weighted by molar-refractivity contribution is 7.98. The molecule has 2 aromatic carbocycles. The molecule has 37 heavy (non-hydrogen) atoms. The zero-order chi connectivity index (χ0) is 27.4. The second kappa shape index (κ2) is 14.7. The molecule has 11 heteroatoms. The Morgan fingerprint density at radius 1 is 1.05 bits per heavy atom. The van der Waals surface area contributed by atoms with E-state index in [4.69, 9.17) is 11.1 Å². The number of benzene rings is 2. The van der Waals surface area contributed by atoms with Gasteiger partial charge in [0.15, 0.2) is 0 Å². The number of amidine groups is 1. The average Bonchev–Trinajstić information content (AvgIpc) is 2.88. The van der Waals surface area contributed by atoms with Crippen LogP contribution in [0.3, 0.4) is 0 Å². The van der Waals surface area contributed by atoms with E-state index < -0.39 is 28.0 Å². The number of sulfonamides is 1. The lowest BCUT2D eigenvalue weighted by atomic mass is 9.99. The van der Waals surface area contributed by atoms with Crippen LogP contribution in [0.2, 0.25) is 0 Å². The summed E-state index contributed by atoms with van der Waals surface area (Å²) in [5.41, 5.74) is 7.50. The molecule has 1 unspecified atom stereocenters. The van der Waals surface area contributed by atoms with E-state index in [1.807, 2.05) is 13.2 Å². The van der Waals surface area contributed by atoms with E-state index in [1.54, 1.807) is 73.3 Å². The van der Waals surface area contributed by atoms with Crippen molar-refractivity contribution in [3.05, 3.63) is 71.3 Å². The van der Waals surface area contributed by atoms with Crippen LogP contribution in [0.5, 0.6) is 0 Å². The van der Waals surface area contributed by atoms with Gasteiger partial charge in [-0.3, -0.25) is 15.0 Å². The maximum Gasteiger partial charge on any atom is 0.242 e. The minimum absolute atomic E-state index is 0. The minimum Gasteiger partial charge on any atom is -0.384 e. The first-order valence-corrected chi connectivity index (χ1v) is 15.1. The average molecular weight is 550 g/mol. The number of hydrogen-bond donors (Lipinski definition) is 5. The zero-order valence-electron chi connectivity index (χ0n) is 21.5. The van der Waals surface area contributed by atoms with E-state index in [-0.39, 0.29) is 31.4 Å². The fourth-order valence-corrected chi connectivity index (χ4v) is 5.49. The second-order valence-electron chi connectivity index (χ2n) is 8.90. The number of carbonyl (C=O) groups is 2. The third-order valence-electron chi connectivity index (χ3n) is 5.98. The highest BCUT2D eigenvalue weighted by Crippen LogP contribution is 2.13. The van der Waals surface area contributed by atoms with Crippen LogP contribution < -0.4 is 21.1 Å². The monoisotopic (exact) mass is 549 g/mol. The Hall–Kier alpha value is -2.89. The molecule has 0 bridgehead atoms. The van der Waals surface area contributed by atoms with Crippen molar-refractivity contribution in [3.63, 3.8) is 0 Å². The molecule has 3 atom stereocenters. The highest BCUT2D eigenvalue weighted by atomic mass is 32.2. The summed E-state index contributed by atoms with van der Waals surface area (Å²) in [4.78, 5) is 26.3. The van der Waals surface area contributed by atoms with Crippen LogP contribution in [0.15, 0.2) is 54.6 Å². The Morgan fingerprint density at radius 3 is 2.27 bits per heavy atom. The van der Waals surface area contributed by atoms with Gasteiger partial charge >= 0.3 is 0 Å². The zero-order valence-corrected chi connectivity index (χ0v) is 23.1. The van der Waals surface area contributed by atoms with Crippen molar-refractivity contribution in [2.24, 2.45) is 11.7 Å². The molecule has 0 saturated carbocycles. The summed E-state index contributed by atoms with van der Waals surface area (Å²) in [6.07, 6.45) is 2.88. The standard InChI is InChI=1S/C26H37N5O4S2.H2/c1-4-18(2)23(31-37(34,35)17-20-8-6-5-7-9-20)26(33)30-22(14-15-36-3)25(32)29-16-19-10-12-21(13-11-19)24(27)28;/h5-13,18,22-23,31H,4,14-17H2,1-3H3,(H3,27,28)(H,29,32)(H,30,33);1H/t18?,22-,23+;/m0./s1. The minimum atomic E-state index is -3.80. The summed E-state index contributed by atoms with van der Waals surface area (Å²) in [6.45, 7) is 3.92. The van der Waals surface area contributed by atoms with Crippen molar-refractivity contribution < 1.29 is 19.4 Å². The maximum absolute atomic E-state index is 13.3. The molecule has 0 radical (unpaired) electrons. The van der Waals surface area contributed by atoms with Gasteiger partial charge in [0.2, 0.25) is 21.8 Å². The molecule has 2 rings (SSSR count). The molecular weight excluding hydrogens is 510 g/mol. The molecule has 2 aromatic rings. The van der Waals surface area contributed by atoms with Crippen LogP contribution in [0, 0.1) is 11.3 Å². The van der Waals surface area contributed by atoms with Crippen molar-refractivity contribution in [1.29, 1.82) is 5.41 Å². The first-order chi connectivity index (χ1) is 17.6. The number of rotatable bonds is 15. The van der Waals surface area contributed by atoms with Crippen LogP contribution in [-0.4, -0.2) is 50.2 Å². The van der Waals surface area contributed by atoms with E-state index in [1.165, 1.54) is 0 Å². The molecule has 0 aliphatic heterocycles. The van der Waals surface area contributed by atoms with E-state index in [0.717, 1.165) is 5.56 Å². The fourth-order valence-electron chi connectivity index (χ4n) is 3.57. The number of nitrogens with one attached hydrogen (secondary N) is 4. The van der Waals surface area contributed by atoms with Gasteiger partial charge in [-0.2, -0.15) is 11.8 Å². The molecule has 0 spiro atoms. The van der Waals surface area contributed by atoms with Crippen LogP contribution >= 0.6 is 11.8 Å². The summed E-state index contributed by atoms with van der Waals surface area (Å²) >= 11 is 1.55. The third kappa shape index (κ3) is 10.2. The molecule has 0 fully saturated rings. The lowest BCUT2D eigenvalue weighted by Crippen LogP contribution is -2.55. The maximum atomic E-state index is 13.3. The van der Waals surface area contributed by atoms with Gasteiger partial charge in [-0.05, 0) is 35.5 Å². The van der Waals surface area contributed by atoms with Gasteiger partial charge in [-0.25, -0.2) is 13.1 Å². The number of hydrogen-bond acceptors (Lipinski definition) is 6. The smallest absolute Gasteiger partial charge is 0.242 e. The molecule has 0 aromatic heterocycles. The predicted octanol–water partition coefficient (Wildman–Crippen LogP) is 2.61. The molecule has 9 nitrogen and oxygen atoms in total. The Morgan fingerprint density at radius 2 is 1.70 bits per heavy atom. The van der Waals surface area contributed by atoms with Crippen molar-refractivity contribution in [3.8, 4) is 0 Å². The quantitative estimate of drug-likeness (QED) is 0.170. The summed E-state index contributed by atoms with van der Waals surface area (Å²) < 4.78 is 28.3. The summed E-state index contributed by atoms with van der Waals surface area (Å²) in [7, 11) is -3.80. The number of carbonyl (C=O) groups excluding carboxylic acids is 2. The molecule has 0 saturated heterocycles.